The standard InChI is InChI=1S/C10H14BrNO2/c1-5-7(11)3-4-8(13)9(5)10(14)6(2)12/h3-4,6,10,13-14H,12H2,1-2H3. The zero-order chi connectivity index (χ0) is 10.9. The summed E-state index contributed by atoms with van der Waals surface area (Å²) in [5.74, 6) is 0.0792. The third-order valence-electron chi connectivity index (χ3n) is 2.22. The fraction of sp³-hybridized carbons (Fsp3) is 0.400. The van der Waals surface area contributed by atoms with Crippen LogP contribution in [0.4, 0.5) is 0 Å². The minimum Gasteiger partial charge on any atom is -0.508 e. The van der Waals surface area contributed by atoms with Crippen LogP contribution >= 0.6 is 15.9 Å². The highest BCUT2D eigenvalue weighted by Crippen LogP contribution is 2.33. The number of hydrogen-bond donors (Lipinski definition) is 3. The average molecular weight is 260 g/mol. The molecule has 0 aliphatic rings. The molecular formula is C10H14BrNO2. The Morgan fingerprint density at radius 2 is 2.00 bits per heavy atom. The Morgan fingerprint density at radius 3 is 2.50 bits per heavy atom. The number of aliphatic hydroxyl groups is 1. The SMILES string of the molecule is Cc1c(Br)ccc(O)c1C(O)C(C)N. The number of aromatic hydroxyl groups is 1. The summed E-state index contributed by atoms with van der Waals surface area (Å²) in [4.78, 5) is 0. The molecule has 14 heavy (non-hydrogen) atoms. The molecule has 0 heterocycles. The van der Waals surface area contributed by atoms with Crippen molar-refractivity contribution in [2.75, 3.05) is 0 Å². The largest absolute Gasteiger partial charge is 0.508 e. The summed E-state index contributed by atoms with van der Waals surface area (Å²) in [5.41, 5.74) is 6.89. The number of hydrogen-bond acceptors (Lipinski definition) is 3. The summed E-state index contributed by atoms with van der Waals surface area (Å²) in [7, 11) is 0. The van der Waals surface area contributed by atoms with Crippen LogP contribution in [0.2, 0.25) is 0 Å². The number of benzene rings is 1. The predicted octanol–water partition coefficient (Wildman–Crippen LogP) is 1.84. The van der Waals surface area contributed by atoms with Crippen LogP contribution in [-0.2, 0) is 0 Å². The van der Waals surface area contributed by atoms with Crippen LogP contribution in [0, 0.1) is 6.92 Å². The van der Waals surface area contributed by atoms with E-state index in [1.54, 1.807) is 13.0 Å². The molecule has 4 N–H and O–H groups in total. The second kappa shape index (κ2) is 4.29. The molecule has 78 valence electrons. The number of rotatable bonds is 2. The summed E-state index contributed by atoms with van der Waals surface area (Å²) >= 11 is 3.33. The molecule has 0 amide bonds. The van der Waals surface area contributed by atoms with Crippen molar-refractivity contribution in [3.05, 3.63) is 27.7 Å². The van der Waals surface area contributed by atoms with Gasteiger partial charge in [-0.1, -0.05) is 15.9 Å². The molecule has 0 radical (unpaired) electrons. The summed E-state index contributed by atoms with van der Waals surface area (Å²) in [6.07, 6.45) is -0.840. The molecule has 0 saturated carbocycles. The molecule has 0 aliphatic carbocycles. The maximum Gasteiger partial charge on any atom is 0.121 e. The maximum atomic E-state index is 9.78. The van der Waals surface area contributed by atoms with Gasteiger partial charge in [-0.05, 0) is 31.5 Å². The van der Waals surface area contributed by atoms with Gasteiger partial charge < -0.3 is 15.9 Å². The Morgan fingerprint density at radius 1 is 1.43 bits per heavy atom. The van der Waals surface area contributed by atoms with Gasteiger partial charge in [0.2, 0.25) is 0 Å². The average Bonchev–Trinajstić information content (AvgIpc) is 2.12. The van der Waals surface area contributed by atoms with E-state index >= 15 is 0 Å². The monoisotopic (exact) mass is 259 g/mol. The first-order valence-electron chi connectivity index (χ1n) is 4.36. The smallest absolute Gasteiger partial charge is 0.121 e. The van der Waals surface area contributed by atoms with E-state index in [4.69, 9.17) is 5.73 Å². The molecule has 1 aromatic rings. The first-order chi connectivity index (χ1) is 6.45. The molecule has 0 aromatic heterocycles. The first kappa shape index (κ1) is 11.5. The van der Waals surface area contributed by atoms with Crippen molar-refractivity contribution < 1.29 is 10.2 Å². The van der Waals surface area contributed by atoms with Crippen molar-refractivity contribution in [2.24, 2.45) is 5.73 Å². The highest BCUT2D eigenvalue weighted by molar-refractivity contribution is 9.10. The normalized spacial score (nSPS) is 15.2. The molecule has 2 atom stereocenters. The van der Waals surface area contributed by atoms with Gasteiger partial charge in [0.05, 0.1) is 6.10 Å². The molecule has 0 bridgehead atoms. The molecule has 0 fully saturated rings. The van der Waals surface area contributed by atoms with E-state index in [1.807, 2.05) is 6.92 Å². The van der Waals surface area contributed by atoms with Gasteiger partial charge in [0.1, 0.15) is 5.75 Å². The third kappa shape index (κ3) is 2.08. The summed E-state index contributed by atoms with van der Waals surface area (Å²) in [5, 5.41) is 19.4. The first-order valence-corrected chi connectivity index (χ1v) is 5.16. The highest BCUT2D eigenvalue weighted by Gasteiger charge is 2.19. The quantitative estimate of drug-likeness (QED) is 0.760. The van der Waals surface area contributed by atoms with Crippen LogP contribution in [0.25, 0.3) is 0 Å². The molecule has 3 nitrogen and oxygen atoms in total. The molecule has 2 unspecified atom stereocenters. The van der Waals surface area contributed by atoms with Gasteiger partial charge in [-0.2, -0.15) is 0 Å². The molecule has 0 spiro atoms. The topological polar surface area (TPSA) is 66.5 Å². The van der Waals surface area contributed by atoms with Crippen molar-refractivity contribution >= 4 is 15.9 Å². The zero-order valence-electron chi connectivity index (χ0n) is 8.16. The molecule has 4 heteroatoms. The van der Waals surface area contributed by atoms with E-state index in [1.165, 1.54) is 6.07 Å². The van der Waals surface area contributed by atoms with E-state index in [0.717, 1.165) is 10.0 Å². The number of aliphatic hydroxyl groups excluding tert-OH is 1. The van der Waals surface area contributed by atoms with Crippen LogP contribution in [0.1, 0.15) is 24.2 Å². The van der Waals surface area contributed by atoms with E-state index in [-0.39, 0.29) is 5.75 Å². The van der Waals surface area contributed by atoms with Crippen LogP contribution in [0.5, 0.6) is 5.75 Å². The lowest BCUT2D eigenvalue weighted by atomic mass is 9.98. The highest BCUT2D eigenvalue weighted by atomic mass is 79.9. The van der Waals surface area contributed by atoms with Crippen molar-refractivity contribution in [1.82, 2.24) is 0 Å². The lowest BCUT2D eigenvalue weighted by Crippen LogP contribution is -2.25. The van der Waals surface area contributed by atoms with Gasteiger partial charge in [0, 0.05) is 16.1 Å². The number of phenolic OH excluding ortho intramolecular Hbond substituents is 1. The molecule has 1 aromatic carbocycles. The van der Waals surface area contributed by atoms with E-state index < -0.39 is 12.1 Å². The van der Waals surface area contributed by atoms with Gasteiger partial charge in [-0.3, -0.25) is 0 Å². The van der Waals surface area contributed by atoms with Crippen molar-refractivity contribution in [3.63, 3.8) is 0 Å². The summed E-state index contributed by atoms with van der Waals surface area (Å²) in [6, 6.07) is 2.87. The fourth-order valence-electron chi connectivity index (χ4n) is 1.32. The Hall–Kier alpha value is -0.580. The van der Waals surface area contributed by atoms with Crippen LogP contribution in [0.15, 0.2) is 16.6 Å². The third-order valence-corrected chi connectivity index (χ3v) is 3.08. The van der Waals surface area contributed by atoms with Crippen LogP contribution in [0.3, 0.4) is 0 Å². The van der Waals surface area contributed by atoms with Crippen LogP contribution in [-0.4, -0.2) is 16.3 Å². The fourth-order valence-corrected chi connectivity index (χ4v) is 1.67. The second-order valence-electron chi connectivity index (χ2n) is 3.41. The minimum absolute atomic E-state index is 0.0792. The van der Waals surface area contributed by atoms with Gasteiger partial charge in [0.15, 0.2) is 0 Å². The van der Waals surface area contributed by atoms with Crippen molar-refractivity contribution in [3.8, 4) is 5.75 Å². The maximum absolute atomic E-state index is 9.78. The molecule has 0 saturated heterocycles. The Labute approximate surface area is 91.7 Å². The van der Waals surface area contributed by atoms with Gasteiger partial charge in [-0.15, -0.1) is 0 Å². The molecule has 0 aliphatic heterocycles. The summed E-state index contributed by atoms with van der Waals surface area (Å²) in [6.45, 7) is 3.52. The zero-order valence-corrected chi connectivity index (χ0v) is 9.75. The van der Waals surface area contributed by atoms with E-state index in [2.05, 4.69) is 15.9 Å². The Bertz CT molecular complexity index is 339. The minimum atomic E-state index is -0.840. The van der Waals surface area contributed by atoms with E-state index in [0.29, 0.717) is 5.56 Å². The second-order valence-corrected chi connectivity index (χ2v) is 4.26. The molecular weight excluding hydrogens is 246 g/mol. The van der Waals surface area contributed by atoms with Gasteiger partial charge in [-0.25, -0.2) is 0 Å². The summed E-state index contributed by atoms with van der Waals surface area (Å²) < 4.78 is 0.852. The van der Waals surface area contributed by atoms with Gasteiger partial charge >= 0.3 is 0 Å². The number of nitrogens with two attached hydrogens (primary N) is 1. The number of phenols is 1. The Kier molecular flexibility index (Phi) is 3.53. The molecule has 1 rings (SSSR count). The van der Waals surface area contributed by atoms with E-state index in [9.17, 15) is 10.2 Å². The lowest BCUT2D eigenvalue weighted by molar-refractivity contribution is 0.149. The van der Waals surface area contributed by atoms with Crippen molar-refractivity contribution in [1.29, 1.82) is 0 Å². The lowest BCUT2D eigenvalue weighted by Gasteiger charge is -2.19. The van der Waals surface area contributed by atoms with Crippen molar-refractivity contribution in [2.45, 2.75) is 26.0 Å². The predicted molar refractivity (Wildman–Crippen MR) is 59.2 cm³/mol. The number of halogens is 1. The Balaban J connectivity index is 3.25. The van der Waals surface area contributed by atoms with Gasteiger partial charge in [0.25, 0.3) is 0 Å². The van der Waals surface area contributed by atoms with Crippen LogP contribution < -0.4 is 5.73 Å².